The fourth-order valence-electron chi connectivity index (χ4n) is 13.3. The van der Waals surface area contributed by atoms with E-state index < -0.39 is 83.7 Å². The summed E-state index contributed by atoms with van der Waals surface area (Å²) in [5.41, 5.74) is 0.682. The van der Waals surface area contributed by atoms with Crippen LogP contribution < -0.4 is 27.0 Å². The lowest BCUT2D eigenvalue weighted by Crippen LogP contribution is -2.70. The third-order valence-corrected chi connectivity index (χ3v) is 20.6. The molecule has 3 unspecified atom stereocenters. The average molecular weight is 1200 g/mol. The maximum Gasteiger partial charge on any atom is 0.328 e. The molecule has 17 nitrogen and oxygen atoms in total. The summed E-state index contributed by atoms with van der Waals surface area (Å²) in [6, 6.07) is 3.80. The number of alkyl halides is 2. The van der Waals surface area contributed by atoms with Gasteiger partial charge in [-0.25, -0.2) is 24.9 Å². The lowest BCUT2D eigenvalue weighted by molar-refractivity contribution is -0.220. The van der Waals surface area contributed by atoms with Gasteiger partial charge in [-0.1, -0.05) is 104 Å². The summed E-state index contributed by atoms with van der Waals surface area (Å²) >= 11 is 0.962. The largest absolute Gasteiger partial charge is 0.453 e. The van der Waals surface area contributed by atoms with Crippen LogP contribution in [0.5, 0.6) is 0 Å². The van der Waals surface area contributed by atoms with Crippen molar-refractivity contribution < 1.29 is 66.1 Å². The quantitative estimate of drug-likeness (QED) is 0.00895. The molecule has 0 radical (unpaired) electrons. The molecule has 0 aliphatic heterocycles. The summed E-state index contributed by atoms with van der Waals surface area (Å²) in [4.78, 5) is 87.5. The normalized spacial score (nSPS) is 29.8. The van der Waals surface area contributed by atoms with Gasteiger partial charge < -0.3 is 51.0 Å². The van der Waals surface area contributed by atoms with Gasteiger partial charge >= 0.3 is 19.6 Å². The number of anilines is 1. The van der Waals surface area contributed by atoms with Gasteiger partial charge in [0.1, 0.15) is 36.6 Å². The minimum absolute atomic E-state index is 0.0127. The van der Waals surface area contributed by atoms with Crippen LogP contribution in [0.25, 0.3) is 0 Å². The van der Waals surface area contributed by atoms with Gasteiger partial charge in [-0.15, -0.1) is 5.92 Å². The number of ketones is 1. The second-order valence-corrected chi connectivity index (χ2v) is 27.4. The summed E-state index contributed by atoms with van der Waals surface area (Å²) in [5, 5.41) is 24.7. The molecule has 5 aliphatic carbocycles. The molecule has 462 valence electrons. The molecule has 0 saturated heterocycles. The number of thiol groups is 1. The highest BCUT2D eigenvalue weighted by Gasteiger charge is 2.76. The van der Waals surface area contributed by atoms with E-state index >= 15 is 8.78 Å². The number of halogens is 2. The van der Waals surface area contributed by atoms with Gasteiger partial charge in [0, 0.05) is 53.9 Å². The van der Waals surface area contributed by atoms with Gasteiger partial charge in [-0.05, 0) is 130 Å². The zero-order valence-electron chi connectivity index (χ0n) is 49.5. The van der Waals surface area contributed by atoms with E-state index in [-0.39, 0.29) is 92.8 Å². The van der Waals surface area contributed by atoms with Gasteiger partial charge in [0.15, 0.2) is 11.5 Å². The summed E-state index contributed by atoms with van der Waals surface area (Å²) < 4.78 is 64.5. The van der Waals surface area contributed by atoms with E-state index in [4.69, 9.17) is 19.7 Å². The second-order valence-electron chi connectivity index (χ2n) is 24.3. The first-order valence-corrected chi connectivity index (χ1v) is 33.1. The first-order valence-electron chi connectivity index (χ1n) is 30.2. The number of rotatable bonds is 30. The fraction of sp³-hybridized carbons (Fsp3) is 0.694. The van der Waals surface area contributed by atoms with Crippen molar-refractivity contribution in [1.82, 2.24) is 16.0 Å². The number of nitrogens with one attached hydrogen (secondary N) is 4. The Morgan fingerprint density at radius 1 is 0.952 bits per heavy atom. The number of hydrogen-bond acceptors (Lipinski definition) is 11. The van der Waals surface area contributed by atoms with Crippen molar-refractivity contribution in [2.24, 2.45) is 40.2 Å². The second kappa shape index (κ2) is 30.5. The number of urea groups is 1. The molecule has 0 bridgehead atoms. The number of benzene rings is 1. The number of carbonyl (C=O) groups is 6. The maximum absolute atomic E-state index is 17.8. The number of hydrogen-bond donors (Lipinski definition) is 8. The molecule has 0 spiro atoms. The number of aliphatic hydroxyl groups is 1. The molecule has 1 aromatic carbocycles. The molecule has 0 heterocycles. The SMILES string of the molecule is CCC(=O)O[C@]1(C=[SH]CCCCCCCCCCP(=O)(O)OCc2ccc(NC(=O)C(CCCNC(N)=O)NC(=O)[C@@H](NC(=O)COC3C#CCCCCC3)C(C)C)cc2)[C@H](C)C[C@H]2[C@@H]3C[C@H](F)C4=CC(=O)C=C[C@]4(C)[C@@]3(F)[C@@H](O)C[C@@]21C. The molecular formula is C62H92F2N5O12PS. The van der Waals surface area contributed by atoms with Crippen molar-refractivity contribution >= 4 is 65.5 Å². The predicted molar refractivity (Wildman–Crippen MR) is 320 cm³/mol. The summed E-state index contributed by atoms with van der Waals surface area (Å²) in [7, 11) is -3.89. The van der Waals surface area contributed by atoms with Crippen LogP contribution >= 0.6 is 18.9 Å². The summed E-state index contributed by atoms with van der Waals surface area (Å²) in [6.07, 6.45) is 13.2. The van der Waals surface area contributed by atoms with Gasteiger partial charge in [-0.3, -0.25) is 28.5 Å². The van der Waals surface area contributed by atoms with E-state index in [1.807, 2.05) is 13.8 Å². The van der Waals surface area contributed by atoms with Crippen LogP contribution in [0, 0.1) is 46.3 Å². The van der Waals surface area contributed by atoms with Crippen LogP contribution in [0.3, 0.4) is 0 Å². The lowest BCUT2D eigenvalue weighted by atomic mass is 9.44. The van der Waals surface area contributed by atoms with Crippen LogP contribution in [0.15, 0.2) is 48.1 Å². The summed E-state index contributed by atoms with van der Waals surface area (Å²) in [6.45, 7) is 10.6. The first kappa shape index (κ1) is 67.4. The number of aliphatic hydroxyl groups excluding tert-OH is 1. The Labute approximate surface area is 493 Å². The monoisotopic (exact) mass is 1200 g/mol. The number of nitrogens with two attached hydrogens (primary N) is 1. The smallest absolute Gasteiger partial charge is 0.328 e. The molecule has 0 aromatic heterocycles. The van der Waals surface area contributed by atoms with Crippen molar-refractivity contribution in [3.8, 4) is 11.8 Å². The van der Waals surface area contributed by atoms with Crippen LogP contribution in [0.4, 0.5) is 19.3 Å². The number of primary amides is 1. The number of unbranched alkanes of at least 4 members (excludes halogenated alkanes) is 7. The zero-order chi connectivity index (χ0) is 60.6. The molecule has 5 amide bonds. The molecule has 83 heavy (non-hydrogen) atoms. The highest BCUT2D eigenvalue weighted by atomic mass is 32.1. The van der Waals surface area contributed by atoms with E-state index in [9.17, 15) is 43.3 Å². The van der Waals surface area contributed by atoms with Gasteiger partial charge in [0.25, 0.3) is 0 Å². The number of carbonyl (C=O) groups excluding carboxylic acids is 6. The van der Waals surface area contributed by atoms with Crippen LogP contribution in [0.1, 0.15) is 169 Å². The van der Waals surface area contributed by atoms with Crippen molar-refractivity contribution in [2.45, 2.75) is 212 Å². The highest BCUT2D eigenvalue weighted by Crippen LogP contribution is 2.71. The molecule has 3 fully saturated rings. The van der Waals surface area contributed by atoms with Crippen molar-refractivity contribution in [3.05, 3.63) is 53.6 Å². The van der Waals surface area contributed by atoms with E-state index in [0.29, 0.717) is 30.5 Å². The Morgan fingerprint density at radius 2 is 1.65 bits per heavy atom. The Kier molecular flexibility index (Phi) is 24.8. The molecule has 21 heteroatoms. The van der Waals surface area contributed by atoms with Crippen molar-refractivity contribution in [3.63, 3.8) is 0 Å². The van der Waals surface area contributed by atoms with Crippen LogP contribution in [0.2, 0.25) is 0 Å². The van der Waals surface area contributed by atoms with E-state index in [1.165, 1.54) is 18.2 Å². The fourth-order valence-corrected chi connectivity index (χ4v) is 15.9. The molecule has 13 atom stereocenters. The first-order chi connectivity index (χ1) is 39.4. The maximum atomic E-state index is 17.8. The lowest BCUT2D eigenvalue weighted by Gasteiger charge is -2.63. The standard InChI is InChI=1S/C62H92F2N5O12PS/c1-7-54(73)81-61(42(4)34-47-48-36-50(63)49-35-45(70)29-30-59(49,5)62(48,64)52(71)37-60(47,61)6)40-83-33-20-16-11-9-8-10-15-19-32-82(77,78)80-38-43-25-27-44(28-26-43)67-56(74)51(24-21-31-66-58(65)76)68-57(75)55(41(2)3)69-53(72)39-79-46-22-17-13-12-14-18-23-46/h25-30,35,40-42,46-48,50-52,55,71,83H,7-17,19-22,24,31-34,36-39H2,1-6H3,(H,67,74)(H,68,75)(H,69,72)(H,77,78)(H3,65,66,76)/t42-,46?,47+,48+,50+,51?,52+,55+,59+,60+,61-,62+/m1/s1. The predicted octanol–water partition coefficient (Wildman–Crippen LogP) is 9.40. The minimum Gasteiger partial charge on any atom is -0.453 e. The number of allylic oxidation sites excluding steroid dienone is 4. The van der Waals surface area contributed by atoms with Crippen LogP contribution in [-0.2, 0) is 49.1 Å². The molecule has 8 N–H and O–H groups in total. The Balaban J connectivity index is 0.899. The minimum atomic E-state index is -3.89. The van der Waals surface area contributed by atoms with Crippen LogP contribution in [-0.4, -0.2) is 118 Å². The number of esters is 1. The number of ether oxygens (including phenoxy) is 2. The van der Waals surface area contributed by atoms with E-state index in [0.717, 1.165) is 94.2 Å². The molecule has 1 aromatic rings. The average Bonchev–Trinajstić information content (AvgIpc) is 1.90. The Morgan fingerprint density at radius 3 is 2.34 bits per heavy atom. The topological polar surface area (TPSA) is 262 Å². The van der Waals surface area contributed by atoms with E-state index in [1.54, 1.807) is 52.0 Å². The zero-order valence-corrected chi connectivity index (χ0v) is 51.3. The molecule has 6 rings (SSSR count). The highest BCUT2D eigenvalue weighted by molar-refractivity contribution is 7.97. The van der Waals surface area contributed by atoms with Crippen molar-refractivity contribution in [1.29, 1.82) is 0 Å². The Hall–Kier alpha value is -4.77. The van der Waals surface area contributed by atoms with E-state index in [2.05, 4.69) is 38.5 Å². The summed E-state index contributed by atoms with van der Waals surface area (Å²) in [5.74, 6) is 2.84. The van der Waals surface area contributed by atoms with Gasteiger partial charge in [-0.2, -0.15) is 0 Å². The molecular weight excluding hydrogens is 1110 g/mol. The van der Waals surface area contributed by atoms with Gasteiger partial charge in [0.05, 0.1) is 12.7 Å². The third-order valence-electron chi connectivity index (χ3n) is 18.1. The number of amides is 5. The number of fused-ring (bicyclic) bond motifs is 5. The third kappa shape index (κ3) is 17.0. The van der Waals surface area contributed by atoms with Crippen molar-refractivity contribution in [2.75, 3.05) is 30.4 Å². The molecule has 3 saturated carbocycles. The Bertz CT molecular complexity index is 2650. The molecule has 5 aliphatic rings. The van der Waals surface area contributed by atoms with Gasteiger partial charge in [0.2, 0.25) is 17.7 Å².